The number of aryl methyl sites for hydroxylation is 1. The van der Waals surface area contributed by atoms with Gasteiger partial charge in [0.15, 0.2) is 23.1 Å². The predicted molar refractivity (Wildman–Crippen MR) is 135 cm³/mol. The normalized spacial score (nSPS) is 20.9. The Morgan fingerprint density at radius 3 is 2.69 bits per heavy atom. The van der Waals surface area contributed by atoms with Gasteiger partial charge in [-0.2, -0.15) is 5.26 Å². The monoisotopic (exact) mass is 486 g/mol. The number of carbonyl (C=O) groups is 1. The van der Waals surface area contributed by atoms with E-state index in [9.17, 15) is 10.1 Å². The molecule has 3 heterocycles. The lowest BCUT2D eigenvalue weighted by molar-refractivity contribution is -0.116. The Morgan fingerprint density at radius 1 is 1.11 bits per heavy atom. The van der Waals surface area contributed by atoms with Crippen LogP contribution in [0.1, 0.15) is 59.6 Å². The fraction of sp³-hybridized carbons (Fsp3) is 0.370. The number of anilines is 1. The van der Waals surface area contributed by atoms with Crippen molar-refractivity contribution in [3.05, 3.63) is 62.4 Å². The molecule has 1 aromatic heterocycles. The highest BCUT2D eigenvalue weighted by Crippen LogP contribution is 2.53. The SMILES string of the molecule is COc1ccc([C@@H]2C(C#N)=C3N=C(N)c4c(sc5c4CCCC5)N3C3=C2C(=O)CCC3)cc1OC. The van der Waals surface area contributed by atoms with Crippen molar-refractivity contribution < 1.29 is 14.3 Å². The molecule has 8 heteroatoms. The van der Waals surface area contributed by atoms with Crippen molar-refractivity contribution in [3.63, 3.8) is 0 Å². The Morgan fingerprint density at radius 2 is 1.91 bits per heavy atom. The van der Waals surface area contributed by atoms with Crippen molar-refractivity contribution in [2.45, 2.75) is 50.9 Å². The molecular weight excluding hydrogens is 460 g/mol. The maximum absolute atomic E-state index is 13.5. The fourth-order valence-corrected chi connectivity index (χ4v) is 7.31. The third kappa shape index (κ3) is 3.15. The number of nitrogens with two attached hydrogens (primary N) is 1. The number of nitriles is 1. The molecule has 0 radical (unpaired) electrons. The number of allylic oxidation sites excluding steroid dienone is 3. The summed E-state index contributed by atoms with van der Waals surface area (Å²) >= 11 is 1.74. The molecule has 2 aliphatic carbocycles. The van der Waals surface area contributed by atoms with Gasteiger partial charge >= 0.3 is 0 Å². The molecule has 0 fully saturated rings. The topological polar surface area (TPSA) is 101 Å². The number of ether oxygens (including phenoxy) is 2. The number of benzene rings is 1. The standard InChI is InChI=1S/C27H26N4O3S/c1-33-19-11-10-14(12-20(19)34-2)22-16(13-28)26-30-25(29)23-15-6-3-4-9-21(15)35-27(23)31(26)17-7-5-8-18(32)24(17)22/h10-12,22H,3-9H2,1-2H3,(H2,29,30)/t22-/m1/s1. The molecule has 0 unspecified atom stereocenters. The minimum atomic E-state index is -0.526. The van der Waals surface area contributed by atoms with Gasteiger partial charge in [0.25, 0.3) is 0 Å². The molecule has 178 valence electrons. The molecule has 0 amide bonds. The van der Waals surface area contributed by atoms with E-state index in [2.05, 4.69) is 11.0 Å². The summed E-state index contributed by atoms with van der Waals surface area (Å²) in [6.45, 7) is 0. The zero-order valence-electron chi connectivity index (χ0n) is 19.8. The number of nitrogens with zero attached hydrogens (tertiary/aromatic N) is 3. The van der Waals surface area contributed by atoms with Gasteiger partial charge in [-0.25, -0.2) is 4.99 Å². The minimum Gasteiger partial charge on any atom is -0.493 e. The Hall–Kier alpha value is -3.57. The van der Waals surface area contributed by atoms with Gasteiger partial charge in [-0.05, 0) is 61.8 Å². The zero-order chi connectivity index (χ0) is 24.3. The van der Waals surface area contributed by atoms with E-state index in [-0.39, 0.29) is 5.78 Å². The number of amidine groups is 1. The maximum Gasteiger partial charge on any atom is 0.161 e. The van der Waals surface area contributed by atoms with Crippen LogP contribution in [-0.2, 0) is 17.6 Å². The quantitative estimate of drug-likeness (QED) is 0.674. The number of Topliss-reactive ketones (excluding diaryl/α,β-unsaturated/α-hetero) is 1. The Bertz CT molecular complexity index is 1410. The lowest BCUT2D eigenvalue weighted by Gasteiger charge is -2.41. The average Bonchev–Trinajstić information content (AvgIpc) is 3.27. The van der Waals surface area contributed by atoms with Gasteiger partial charge in [0, 0.05) is 22.6 Å². The number of ketones is 1. The third-order valence-electron chi connectivity index (χ3n) is 7.43. The fourth-order valence-electron chi connectivity index (χ4n) is 5.88. The van der Waals surface area contributed by atoms with Crippen LogP contribution < -0.4 is 20.1 Å². The second-order valence-corrected chi connectivity index (χ2v) is 10.3. The number of methoxy groups -OCH3 is 2. The van der Waals surface area contributed by atoms with E-state index >= 15 is 0 Å². The smallest absolute Gasteiger partial charge is 0.161 e. The molecule has 35 heavy (non-hydrogen) atoms. The van der Waals surface area contributed by atoms with Crippen LogP contribution in [0.5, 0.6) is 11.5 Å². The molecule has 1 aromatic carbocycles. The van der Waals surface area contributed by atoms with Crippen molar-refractivity contribution in [1.82, 2.24) is 0 Å². The first kappa shape index (κ1) is 21.9. The molecule has 0 saturated heterocycles. The van der Waals surface area contributed by atoms with E-state index < -0.39 is 5.92 Å². The number of hydrogen-bond donors (Lipinski definition) is 1. The number of hydrogen-bond acceptors (Lipinski definition) is 8. The number of carbonyl (C=O) groups excluding carboxylic acids is 1. The van der Waals surface area contributed by atoms with Gasteiger partial charge in [-0.3, -0.25) is 9.69 Å². The van der Waals surface area contributed by atoms with Crippen LogP contribution >= 0.6 is 11.3 Å². The maximum atomic E-state index is 13.5. The van der Waals surface area contributed by atoms with E-state index in [0.29, 0.717) is 40.7 Å². The van der Waals surface area contributed by atoms with Crippen LogP contribution in [-0.4, -0.2) is 25.8 Å². The van der Waals surface area contributed by atoms with E-state index in [1.807, 2.05) is 18.2 Å². The molecule has 0 bridgehead atoms. The van der Waals surface area contributed by atoms with E-state index in [1.54, 1.807) is 25.6 Å². The molecule has 1 atom stereocenters. The largest absolute Gasteiger partial charge is 0.493 e. The predicted octanol–water partition coefficient (Wildman–Crippen LogP) is 4.71. The summed E-state index contributed by atoms with van der Waals surface area (Å²) in [5, 5.41) is 11.4. The number of fused-ring (bicyclic) bond motifs is 6. The Balaban J connectivity index is 1.62. The van der Waals surface area contributed by atoms with Crippen molar-refractivity contribution in [2.75, 3.05) is 19.1 Å². The molecule has 2 aromatic rings. The van der Waals surface area contributed by atoms with Crippen molar-refractivity contribution in [1.29, 1.82) is 5.26 Å². The minimum absolute atomic E-state index is 0.0863. The molecule has 2 aliphatic heterocycles. The summed E-state index contributed by atoms with van der Waals surface area (Å²) < 4.78 is 10.9. The second kappa shape index (κ2) is 8.28. The Labute approximate surface area is 208 Å². The highest BCUT2D eigenvalue weighted by atomic mass is 32.1. The first-order chi connectivity index (χ1) is 17.1. The second-order valence-electron chi connectivity index (χ2n) is 9.26. The molecule has 4 aliphatic rings. The van der Waals surface area contributed by atoms with E-state index in [4.69, 9.17) is 20.2 Å². The molecule has 7 nitrogen and oxygen atoms in total. The molecule has 2 N–H and O–H groups in total. The van der Waals surface area contributed by atoms with Crippen LogP contribution in [0.25, 0.3) is 0 Å². The summed E-state index contributed by atoms with van der Waals surface area (Å²) in [6.07, 6.45) is 6.36. The van der Waals surface area contributed by atoms with Crippen LogP contribution in [0, 0.1) is 11.3 Å². The summed E-state index contributed by atoms with van der Waals surface area (Å²) in [5.74, 6) is 1.72. The van der Waals surface area contributed by atoms with Crippen molar-refractivity contribution in [3.8, 4) is 17.6 Å². The molecule has 0 saturated carbocycles. The van der Waals surface area contributed by atoms with E-state index in [0.717, 1.165) is 53.9 Å². The van der Waals surface area contributed by atoms with E-state index in [1.165, 1.54) is 16.9 Å². The molecule has 6 rings (SSSR count). The summed E-state index contributed by atoms with van der Waals surface area (Å²) in [7, 11) is 3.16. The number of thiophene rings is 1. The summed E-state index contributed by atoms with van der Waals surface area (Å²) in [4.78, 5) is 21.7. The van der Waals surface area contributed by atoms with Gasteiger partial charge < -0.3 is 15.2 Å². The van der Waals surface area contributed by atoms with Crippen molar-refractivity contribution in [2.24, 2.45) is 10.7 Å². The lowest BCUT2D eigenvalue weighted by atomic mass is 9.75. The van der Waals surface area contributed by atoms with Crippen LogP contribution in [0.2, 0.25) is 0 Å². The van der Waals surface area contributed by atoms with Gasteiger partial charge in [-0.15, -0.1) is 11.3 Å². The first-order valence-corrected chi connectivity index (χ1v) is 12.8. The summed E-state index contributed by atoms with van der Waals surface area (Å²) in [6, 6.07) is 7.98. The number of aliphatic imine (C=N–C) groups is 1. The van der Waals surface area contributed by atoms with Crippen LogP contribution in [0.4, 0.5) is 5.00 Å². The zero-order valence-corrected chi connectivity index (χ0v) is 20.6. The van der Waals surface area contributed by atoms with Crippen LogP contribution in [0.15, 0.2) is 45.9 Å². The number of rotatable bonds is 3. The molecular formula is C27H26N4O3S. The summed E-state index contributed by atoms with van der Waals surface area (Å²) in [5.41, 5.74) is 11.7. The third-order valence-corrected chi connectivity index (χ3v) is 8.71. The van der Waals surface area contributed by atoms with Gasteiger partial charge in [0.1, 0.15) is 10.8 Å². The first-order valence-electron chi connectivity index (χ1n) is 12.0. The molecule has 0 spiro atoms. The highest BCUT2D eigenvalue weighted by molar-refractivity contribution is 7.17. The van der Waals surface area contributed by atoms with Crippen LogP contribution in [0.3, 0.4) is 0 Å². The van der Waals surface area contributed by atoms with Gasteiger partial charge in [0.2, 0.25) is 0 Å². The highest BCUT2D eigenvalue weighted by Gasteiger charge is 2.44. The average molecular weight is 487 g/mol. The lowest BCUT2D eigenvalue weighted by Crippen LogP contribution is -2.38. The Kier molecular flexibility index (Phi) is 5.19. The van der Waals surface area contributed by atoms with Gasteiger partial charge in [0.05, 0.1) is 37.3 Å². The van der Waals surface area contributed by atoms with Crippen molar-refractivity contribution >= 4 is 28.0 Å². The van der Waals surface area contributed by atoms with Gasteiger partial charge in [-0.1, -0.05) is 6.07 Å².